The van der Waals surface area contributed by atoms with E-state index in [1.165, 1.54) is 25.7 Å². The summed E-state index contributed by atoms with van der Waals surface area (Å²) in [6, 6.07) is 0.678. The Morgan fingerprint density at radius 1 is 1.33 bits per heavy atom. The van der Waals surface area contributed by atoms with Gasteiger partial charge < -0.3 is 5.11 Å². The van der Waals surface area contributed by atoms with Gasteiger partial charge in [0.15, 0.2) is 0 Å². The summed E-state index contributed by atoms with van der Waals surface area (Å²) in [6.45, 7) is 4.24. The average molecular weight is 211 g/mol. The number of aliphatic carboxylic acids is 1. The number of hydrogen-bond acceptors (Lipinski definition) is 2. The highest BCUT2D eigenvalue weighted by Crippen LogP contribution is 2.40. The molecule has 3 atom stereocenters. The summed E-state index contributed by atoms with van der Waals surface area (Å²) in [7, 11) is 0. The molecule has 2 aliphatic rings. The predicted octanol–water partition coefficient (Wildman–Crippen LogP) is 2.11. The average Bonchev–Trinajstić information content (AvgIpc) is 2.56. The molecule has 1 saturated carbocycles. The van der Waals surface area contributed by atoms with Crippen LogP contribution in [0.15, 0.2) is 0 Å². The topological polar surface area (TPSA) is 40.5 Å². The van der Waals surface area contributed by atoms with Crippen molar-refractivity contribution in [2.45, 2.75) is 64.1 Å². The molecule has 0 bridgehead atoms. The molecule has 0 aromatic heterocycles. The molecule has 1 aliphatic heterocycles. The zero-order valence-electron chi connectivity index (χ0n) is 9.65. The molecule has 2 rings (SSSR count). The minimum Gasteiger partial charge on any atom is -0.480 e. The minimum absolute atomic E-state index is 0.224. The third-order valence-electron chi connectivity index (χ3n) is 4.02. The van der Waals surface area contributed by atoms with Gasteiger partial charge in [0.2, 0.25) is 0 Å². The lowest BCUT2D eigenvalue weighted by atomic mass is 9.84. The molecule has 3 unspecified atom stereocenters. The first-order chi connectivity index (χ1) is 7.11. The molecule has 15 heavy (non-hydrogen) atoms. The Labute approximate surface area is 91.5 Å². The Kier molecular flexibility index (Phi) is 3.01. The fourth-order valence-electron chi connectivity index (χ4n) is 3.47. The van der Waals surface area contributed by atoms with Crippen molar-refractivity contribution in [1.82, 2.24) is 4.90 Å². The maximum atomic E-state index is 11.2. The van der Waals surface area contributed by atoms with E-state index in [4.69, 9.17) is 0 Å². The highest BCUT2D eigenvalue weighted by Gasteiger charge is 2.45. The summed E-state index contributed by atoms with van der Waals surface area (Å²) in [6.07, 6.45) is 5.87. The van der Waals surface area contributed by atoms with E-state index in [2.05, 4.69) is 18.7 Å². The van der Waals surface area contributed by atoms with E-state index < -0.39 is 5.97 Å². The van der Waals surface area contributed by atoms with Gasteiger partial charge in [0.1, 0.15) is 6.04 Å². The van der Waals surface area contributed by atoms with Crippen LogP contribution in [0, 0.1) is 5.92 Å². The predicted molar refractivity (Wildman–Crippen MR) is 58.8 cm³/mol. The fraction of sp³-hybridized carbons (Fsp3) is 0.917. The molecule has 0 spiro atoms. The number of nitrogens with zero attached hydrogens (tertiary/aromatic N) is 1. The van der Waals surface area contributed by atoms with E-state index in [0.717, 1.165) is 6.42 Å². The van der Waals surface area contributed by atoms with Gasteiger partial charge >= 0.3 is 5.97 Å². The number of likely N-dealkylation sites (tertiary alicyclic amines) is 1. The molecule has 1 heterocycles. The normalized spacial score (nSPS) is 36.9. The molecule has 1 N–H and O–H groups in total. The lowest BCUT2D eigenvalue weighted by molar-refractivity contribution is -0.143. The molecule has 0 radical (unpaired) electrons. The van der Waals surface area contributed by atoms with Crippen LogP contribution in [-0.2, 0) is 4.79 Å². The monoisotopic (exact) mass is 211 g/mol. The first-order valence-corrected chi connectivity index (χ1v) is 6.11. The SMILES string of the molecule is CC(C)N1C(C(=O)O)CC2CCCCC21. The summed E-state index contributed by atoms with van der Waals surface area (Å²) >= 11 is 0. The van der Waals surface area contributed by atoms with Gasteiger partial charge in [-0.15, -0.1) is 0 Å². The van der Waals surface area contributed by atoms with E-state index in [1.807, 2.05) is 0 Å². The number of carboxylic acid groups (broad SMARTS) is 1. The second kappa shape index (κ2) is 4.12. The van der Waals surface area contributed by atoms with Gasteiger partial charge in [-0.25, -0.2) is 0 Å². The van der Waals surface area contributed by atoms with Crippen molar-refractivity contribution in [3.05, 3.63) is 0 Å². The molecule has 86 valence electrons. The zero-order valence-corrected chi connectivity index (χ0v) is 9.65. The number of carbonyl (C=O) groups is 1. The van der Waals surface area contributed by atoms with Crippen LogP contribution in [0.5, 0.6) is 0 Å². The largest absolute Gasteiger partial charge is 0.480 e. The molecule has 3 nitrogen and oxygen atoms in total. The van der Waals surface area contributed by atoms with E-state index in [0.29, 0.717) is 18.0 Å². The Morgan fingerprint density at radius 3 is 2.60 bits per heavy atom. The van der Waals surface area contributed by atoms with E-state index in [1.54, 1.807) is 0 Å². The van der Waals surface area contributed by atoms with Gasteiger partial charge in [0.25, 0.3) is 0 Å². The van der Waals surface area contributed by atoms with Crippen molar-refractivity contribution < 1.29 is 9.90 Å². The third-order valence-corrected chi connectivity index (χ3v) is 4.02. The standard InChI is InChI=1S/C12H21NO2/c1-8(2)13-10-6-4-3-5-9(10)7-11(13)12(14)15/h8-11H,3-7H2,1-2H3,(H,14,15). The molecule has 1 saturated heterocycles. The second-order valence-electron chi connectivity index (χ2n) is 5.24. The molecule has 2 fully saturated rings. The number of rotatable bonds is 2. The lowest BCUT2D eigenvalue weighted by Crippen LogP contribution is -2.46. The van der Waals surface area contributed by atoms with Gasteiger partial charge in [-0.05, 0) is 39.0 Å². The Hall–Kier alpha value is -0.570. The number of carboxylic acids is 1. The minimum atomic E-state index is -0.627. The van der Waals surface area contributed by atoms with Crippen molar-refractivity contribution in [2.24, 2.45) is 5.92 Å². The second-order valence-corrected chi connectivity index (χ2v) is 5.24. The van der Waals surface area contributed by atoms with Crippen molar-refractivity contribution in [3.63, 3.8) is 0 Å². The van der Waals surface area contributed by atoms with Crippen LogP contribution >= 0.6 is 0 Å². The Bertz CT molecular complexity index is 252. The van der Waals surface area contributed by atoms with Crippen LogP contribution in [0.4, 0.5) is 0 Å². The van der Waals surface area contributed by atoms with Crippen molar-refractivity contribution in [3.8, 4) is 0 Å². The molecule has 0 aromatic rings. The van der Waals surface area contributed by atoms with Crippen LogP contribution in [0.1, 0.15) is 46.0 Å². The maximum Gasteiger partial charge on any atom is 0.320 e. The highest BCUT2D eigenvalue weighted by atomic mass is 16.4. The third kappa shape index (κ3) is 1.89. The summed E-state index contributed by atoms with van der Waals surface area (Å²) in [5, 5.41) is 9.24. The Morgan fingerprint density at radius 2 is 2.00 bits per heavy atom. The first kappa shape index (κ1) is 10.9. The highest BCUT2D eigenvalue weighted by molar-refractivity contribution is 5.74. The van der Waals surface area contributed by atoms with Gasteiger partial charge in [-0.1, -0.05) is 12.8 Å². The van der Waals surface area contributed by atoms with Crippen molar-refractivity contribution in [2.75, 3.05) is 0 Å². The maximum absolute atomic E-state index is 11.2. The van der Waals surface area contributed by atoms with Crippen LogP contribution in [-0.4, -0.2) is 34.1 Å². The van der Waals surface area contributed by atoms with E-state index in [9.17, 15) is 9.90 Å². The quantitative estimate of drug-likeness (QED) is 0.760. The summed E-state index contributed by atoms with van der Waals surface area (Å²) in [5.41, 5.74) is 0. The molecule has 1 aliphatic carbocycles. The summed E-state index contributed by atoms with van der Waals surface area (Å²) < 4.78 is 0. The molecule has 3 heteroatoms. The first-order valence-electron chi connectivity index (χ1n) is 6.11. The molecular formula is C12H21NO2. The van der Waals surface area contributed by atoms with Crippen LogP contribution < -0.4 is 0 Å². The lowest BCUT2D eigenvalue weighted by Gasteiger charge is -2.35. The molecular weight excluding hydrogens is 190 g/mol. The number of hydrogen-bond donors (Lipinski definition) is 1. The number of fused-ring (bicyclic) bond motifs is 1. The van der Waals surface area contributed by atoms with Crippen LogP contribution in [0.3, 0.4) is 0 Å². The van der Waals surface area contributed by atoms with Gasteiger partial charge in [0.05, 0.1) is 0 Å². The zero-order chi connectivity index (χ0) is 11.0. The molecule has 0 amide bonds. The summed E-state index contributed by atoms with van der Waals surface area (Å²) in [5.74, 6) is 0.0142. The smallest absolute Gasteiger partial charge is 0.320 e. The van der Waals surface area contributed by atoms with Gasteiger partial charge in [-0.3, -0.25) is 9.69 Å². The Balaban J connectivity index is 2.17. The fourth-order valence-corrected chi connectivity index (χ4v) is 3.47. The molecule has 0 aromatic carbocycles. The van der Waals surface area contributed by atoms with E-state index >= 15 is 0 Å². The summed E-state index contributed by atoms with van der Waals surface area (Å²) in [4.78, 5) is 13.5. The van der Waals surface area contributed by atoms with Crippen LogP contribution in [0.25, 0.3) is 0 Å². The van der Waals surface area contributed by atoms with Crippen molar-refractivity contribution >= 4 is 5.97 Å². The van der Waals surface area contributed by atoms with Gasteiger partial charge in [0, 0.05) is 12.1 Å². The van der Waals surface area contributed by atoms with Crippen LogP contribution in [0.2, 0.25) is 0 Å². The van der Waals surface area contributed by atoms with Gasteiger partial charge in [-0.2, -0.15) is 0 Å². The van der Waals surface area contributed by atoms with Crippen molar-refractivity contribution in [1.29, 1.82) is 0 Å². The van der Waals surface area contributed by atoms with E-state index in [-0.39, 0.29) is 6.04 Å².